The minimum atomic E-state index is 0.746. The summed E-state index contributed by atoms with van der Waals surface area (Å²) in [6.45, 7) is 0. The van der Waals surface area contributed by atoms with Crippen LogP contribution in [-0.2, 0) is 0 Å². The Hall–Kier alpha value is -1.31. The topological polar surface area (TPSA) is 26.0 Å². The molecule has 0 aromatic rings. The van der Waals surface area contributed by atoms with Gasteiger partial charge in [0.15, 0.2) is 5.76 Å². The molecule has 2 heterocycles. The van der Waals surface area contributed by atoms with Gasteiger partial charge in [0, 0.05) is 6.20 Å². The van der Waals surface area contributed by atoms with Gasteiger partial charge >= 0.3 is 0 Å². The fourth-order valence-corrected chi connectivity index (χ4v) is 0.641. The van der Waals surface area contributed by atoms with Gasteiger partial charge in [0.1, 0.15) is 0 Å². The Bertz CT molecular complexity index is 249. The van der Waals surface area contributed by atoms with Crippen LogP contribution in [0.4, 0.5) is 0 Å². The summed E-state index contributed by atoms with van der Waals surface area (Å²) < 4.78 is 4.95. The highest BCUT2D eigenvalue weighted by atomic mass is 16.4. The third-order valence-electron chi connectivity index (χ3n) is 1.12. The summed E-state index contributed by atoms with van der Waals surface area (Å²) in [7, 11) is 0. The summed E-state index contributed by atoms with van der Waals surface area (Å²) in [6, 6.07) is 7.59. The molecule has 0 aliphatic carbocycles. The number of fused-ring (bicyclic) bond motifs is 1. The standard InChI is InChI=1S/C7H5NO/c1-2-4-6-7(9-6)8-5-3-1/h1-5H. The largest absolute Gasteiger partial charge is 0.430 e. The molecule has 0 N–H and O–H groups in total. The van der Waals surface area contributed by atoms with Gasteiger partial charge in [0.2, 0.25) is 0 Å². The fourth-order valence-electron chi connectivity index (χ4n) is 0.641. The minimum Gasteiger partial charge on any atom is -0.430 e. The van der Waals surface area contributed by atoms with Crippen LogP contribution >= 0.6 is 0 Å². The molecular weight excluding hydrogens is 114 g/mol. The average Bonchev–Trinajstić information content (AvgIpc) is 2.46. The Morgan fingerprint density at radius 3 is 3.22 bits per heavy atom. The summed E-state index contributed by atoms with van der Waals surface area (Å²) in [6.07, 6.45) is 1.71. The quantitative estimate of drug-likeness (QED) is 0.528. The highest BCUT2D eigenvalue weighted by Crippen LogP contribution is 2.26. The van der Waals surface area contributed by atoms with Crippen LogP contribution in [0.15, 0.2) is 34.9 Å². The molecule has 2 heteroatoms. The SMILES string of the molecule is c1ccnc2oc-2cc1. The lowest BCUT2D eigenvalue weighted by molar-refractivity contribution is 0.725. The summed E-state index contributed by atoms with van der Waals surface area (Å²) in [5, 5.41) is 0. The molecule has 0 bridgehead atoms. The van der Waals surface area contributed by atoms with Gasteiger partial charge in [0.25, 0.3) is 5.89 Å². The van der Waals surface area contributed by atoms with Crippen LogP contribution in [0.2, 0.25) is 0 Å². The van der Waals surface area contributed by atoms with Crippen molar-refractivity contribution in [2.24, 2.45) is 0 Å². The molecule has 0 aromatic heterocycles. The zero-order chi connectivity index (χ0) is 6.10. The monoisotopic (exact) mass is 119 g/mol. The van der Waals surface area contributed by atoms with Gasteiger partial charge in [0.05, 0.1) is 0 Å². The third-order valence-corrected chi connectivity index (χ3v) is 1.12. The Morgan fingerprint density at radius 1 is 1.22 bits per heavy atom. The molecule has 0 radical (unpaired) electrons. The molecule has 0 amide bonds. The second kappa shape index (κ2) is 1.58. The summed E-state index contributed by atoms with van der Waals surface area (Å²) >= 11 is 0. The molecule has 0 saturated carbocycles. The highest BCUT2D eigenvalue weighted by Gasteiger charge is 2.12. The van der Waals surface area contributed by atoms with Gasteiger partial charge < -0.3 is 4.42 Å². The fraction of sp³-hybridized carbons (Fsp3) is 0. The predicted molar refractivity (Wildman–Crippen MR) is 33.1 cm³/mol. The van der Waals surface area contributed by atoms with E-state index in [2.05, 4.69) is 4.98 Å². The first-order chi connectivity index (χ1) is 4.47. The van der Waals surface area contributed by atoms with Crippen LogP contribution in [0.3, 0.4) is 0 Å². The molecule has 0 atom stereocenters. The first-order valence-electron chi connectivity index (χ1n) is 2.76. The molecule has 0 saturated heterocycles. The first kappa shape index (κ1) is 4.56. The lowest BCUT2D eigenvalue weighted by atomic mass is 10.4. The van der Waals surface area contributed by atoms with Crippen molar-refractivity contribution in [1.82, 2.24) is 4.98 Å². The number of hydrogen-bond acceptors (Lipinski definition) is 2. The van der Waals surface area contributed by atoms with Gasteiger partial charge in [-0.3, -0.25) is 0 Å². The van der Waals surface area contributed by atoms with E-state index >= 15 is 0 Å². The van der Waals surface area contributed by atoms with Gasteiger partial charge in [-0.05, 0) is 12.1 Å². The van der Waals surface area contributed by atoms with Crippen molar-refractivity contribution in [3.63, 3.8) is 0 Å². The normalized spacial score (nSPS) is 10.2. The molecule has 0 spiro atoms. The van der Waals surface area contributed by atoms with E-state index in [0.717, 1.165) is 11.7 Å². The van der Waals surface area contributed by atoms with Crippen molar-refractivity contribution in [3.05, 3.63) is 30.5 Å². The predicted octanol–water partition coefficient (Wildman–Crippen LogP) is 1.78. The zero-order valence-electron chi connectivity index (χ0n) is 4.74. The Balaban J connectivity index is 2.60. The van der Waals surface area contributed by atoms with Gasteiger partial charge in [-0.2, -0.15) is 0 Å². The molecular formula is C7H5NO. The Kier molecular flexibility index (Phi) is 0.803. The number of hydrogen-bond donors (Lipinski definition) is 0. The average molecular weight is 119 g/mol. The minimum absolute atomic E-state index is 0.746. The second-order valence-electron chi connectivity index (χ2n) is 1.79. The molecule has 0 aromatic carbocycles. The van der Waals surface area contributed by atoms with Crippen molar-refractivity contribution in [2.75, 3.05) is 0 Å². The molecule has 2 nitrogen and oxygen atoms in total. The molecule has 2 aliphatic rings. The maximum absolute atomic E-state index is 4.95. The van der Waals surface area contributed by atoms with E-state index in [9.17, 15) is 0 Å². The van der Waals surface area contributed by atoms with E-state index in [1.54, 1.807) is 6.20 Å². The number of rotatable bonds is 0. The van der Waals surface area contributed by atoms with E-state index in [4.69, 9.17) is 4.42 Å². The number of nitrogens with zero attached hydrogens (tertiary/aromatic N) is 1. The first-order valence-corrected chi connectivity index (χ1v) is 2.76. The molecule has 0 fully saturated rings. The lowest BCUT2D eigenvalue weighted by Gasteiger charge is -1.67. The maximum atomic E-state index is 4.95. The van der Waals surface area contributed by atoms with E-state index < -0.39 is 0 Å². The molecule has 44 valence electrons. The molecule has 2 rings (SSSR count). The zero-order valence-corrected chi connectivity index (χ0v) is 4.74. The van der Waals surface area contributed by atoms with E-state index in [0.29, 0.717) is 0 Å². The highest BCUT2D eigenvalue weighted by molar-refractivity contribution is 5.51. The lowest BCUT2D eigenvalue weighted by Crippen LogP contribution is -1.59. The second-order valence-corrected chi connectivity index (χ2v) is 1.79. The van der Waals surface area contributed by atoms with Crippen molar-refractivity contribution < 1.29 is 4.42 Å². The van der Waals surface area contributed by atoms with Crippen LogP contribution < -0.4 is 0 Å². The Labute approximate surface area is 52.5 Å². The number of aromatic nitrogens is 1. The van der Waals surface area contributed by atoms with Crippen LogP contribution in [0, 0.1) is 0 Å². The Morgan fingerprint density at radius 2 is 2.22 bits per heavy atom. The summed E-state index contributed by atoms with van der Waals surface area (Å²) in [4.78, 5) is 3.95. The van der Waals surface area contributed by atoms with Crippen LogP contribution in [0.5, 0.6) is 0 Å². The van der Waals surface area contributed by atoms with E-state index in [1.165, 1.54) is 0 Å². The van der Waals surface area contributed by atoms with Crippen molar-refractivity contribution in [1.29, 1.82) is 0 Å². The molecule has 9 heavy (non-hydrogen) atoms. The van der Waals surface area contributed by atoms with Gasteiger partial charge in [-0.1, -0.05) is 12.1 Å². The molecule has 2 aliphatic heterocycles. The molecule has 0 unspecified atom stereocenters. The van der Waals surface area contributed by atoms with Gasteiger partial charge in [-0.15, -0.1) is 0 Å². The van der Waals surface area contributed by atoms with E-state index in [1.807, 2.05) is 24.3 Å². The van der Waals surface area contributed by atoms with E-state index in [-0.39, 0.29) is 0 Å². The third kappa shape index (κ3) is 0.785. The maximum Gasteiger partial charge on any atom is 0.263 e. The van der Waals surface area contributed by atoms with Crippen LogP contribution in [-0.4, -0.2) is 4.98 Å². The van der Waals surface area contributed by atoms with Gasteiger partial charge in [-0.25, -0.2) is 4.98 Å². The summed E-state index contributed by atoms with van der Waals surface area (Å²) in [5.74, 6) is 1.63. The van der Waals surface area contributed by atoms with Crippen molar-refractivity contribution in [3.8, 4) is 11.7 Å². The smallest absolute Gasteiger partial charge is 0.263 e. The van der Waals surface area contributed by atoms with Crippen molar-refractivity contribution in [2.45, 2.75) is 0 Å². The van der Waals surface area contributed by atoms with Crippen molar-refractivity contribution >= 4 is 0 Å². The summed E-state index contributed by atoms with van der Waals surface area (Å²) in [5.41, 5.74) is 0. The van der Waals surface area contributed by atoms with Crippen LogP contribution in [0.1, 0.15) is 0 Å². The van der Waals surface area contributed by atoms with Crippen LogP contribution in [0.25, 0.3) is 11.7 Å².